The molecule has 0 spiro atoms. The van der Waals surface area contributed by atoms with E-state index in [1.165, 1.54) is 12.3 Å². The van der Waals surface area contributed by atoms with Crippen molar-refractivity contribution in [3.05, 3.63) is 41.5 Å². The van der Waals surface area contributed by atoms with Gasteiger partial charge in [0, 0.05) is 18.7 Å². The van der Waals surface area contributed by atoms with E-state index in [1.54, 1.807) is 4.90 Å². The third-order valence-electron chi connectivity index (χ3n) is 4.12. The summed E-state index contributed by atoms with van der Waals surface area (Å²) in [5.41, 5.74) is 0.0514. The monoisotopic (exact) mass is 317 g/mol. The van der Waals surface area contributed by atoms with Crippen LogP contribution in [0.4, 0.5) is 4.39 Å². The van der Waals surface area contributed by atoms with Crippen LogP contribution in [0.25, 0.3) is 0 Å². The first kappa shape index (κ1) is 15.6. The van der Waals surface area contributed by atoms with Crippen LogP contribution in [0.15, 0.2) is 18.5 Å². The zero-order valence-electron chi connectivity index (χ0n) is 13.3. The Morgan fingerprint density at radius 3 is 2.96 bits per heavy atom. The lowest BCUT2D eigenvalue weighted by atomic mass is 10.00. The first-order valence-electron chi connectivity index (χ1n) is 7.90. The highest BCUT2D eigenvalue weighted by atomic mass is 19.1. The molecule has 0 aromatic carbocycles. The number of rotatable bonds is 3. The van der Waals surface area contributed by atoms with E-state index in [0.717, 1.165) is 31.3 Å². The third kappa shape index (κ3) is 3.09. The molecule has 0 radical (unpaired) electrons. The van der Waals surface area contributed by atoms with Gasteiger partial charge in [0.1, 0.15) is 5.82 Å². The zero-order chi connectivity index (χ0) is 16.4. The second-order valence-electron chi connectivity index (χ2n) is 6.10. The van der Waals surface area contributed by atoms with E-state index in [9.17, 15) is 9.18 Å². The Kier molecular flexibility index (Phi) is 4.36. The van der Waals surface area contributed by atoms with Gasteiger partial charge in [0.25, 0.3) is 5.91 Å². The Balaban J connectivity index is 1.89. The molecule has 0 unspecified atom stereocenters. The summed E-state index contributed by atoms with van der Waals surface area (Å²) in [4.78, 5) is 22.6. The van der Waals surface area contributed by atoms with Crippen molar-refractivity contribution in [2.45, 2.75) is 45.1 Å². The summed E-state index contributed by atoms with van der Waals surface area (Å²) in [6.07, 6.45) is 5.20. The minimum atomic E-state index is -0.595. The van der Waals surface area contributed by atoms with Gasteiger partial charge in [0.05, 0.1) is 17.8 Å². The van der Waals surface area contributed by atoms with Crippen LogP contribution in [0, 0.1) is 5.82 Å². The quantitative estimate of drug-likeness (QED) is 0.944. The molecule has 0 saturated carbocycles. The fraction of sp³-hybridized carbons (Fsp3) is 0.500. The molecule has 3 heterocycles. The Labute approximate surface area is 134 Å². The van der Waals surface area contributed by atoms with Gasteiger partial charge in [-0.1, -0.05) is 13.8 Å². The molecule has 1 N–H and O–H groups in total. The molecule has 1 aliphatic rings. The number of aromatic nitrogens is 4. The molecule has 0 bridgehead atoms. The van der Waals surface area contributed by atoms with E-state index in [4.69, 9.17) is 0 Å². The predicted octanol–water partition coefficient (Wildman–Crippen LogP) is 2.83. The smallest absolute Gasteiger partial charge is 0.257 e. The number of amides is 1. The highest BCUT2D eigenvalue weighted by Crippen LogP contribution is 2.31. The van der Waals surface area contributed by atoms with Crippen molar-refractivity contribution < 1.29 is 9.18 Å². The molecule has 1 fully saturated rings. The number of hydrogen-bond acceptors (Lipinski definition) is 4. The van der Waals surface area contributed by atoms with E-state index in [2.05, 4.69) is 20.2 Å². The van der Waals surface area contributed by atoms with E-state index < -0.39 is 5.82 Å². The van der Waals surface area contributed by atoms with Crippen LogP contribution < -0.4 is 0 Å². The van der Waals surface area contributed by atoms with Gasteiger partial charge in [-0.15, -0.1) is 0 Å². The molecular formula is C16H20FN5O. The maximum atomic E-state index is 13.9. The van der Waals surface area contributed by atoms with Gasteiger partial charge in [0.15, 0.2) is 11.6 Å². The summed E-state index contributed by atoms with van der Waals surface area (Å²) < 4.78 is 13.9. The number of halogens is 1. The second-order valence-corrected chi connectivity index (χ2v) is 6.10. The van der Waals surface area contributed by atoms with E-state index in [1.807, 2.05) is 13.8 Å². The molecule has 23 heavy (non-hydrogen) atoms. The van der Waals surface area contributed by atoms with Crippen molar-refractivity contribution in [2.24, 2.45) is 0 Å². The molecule has 2 aromatic heterocycles. The minimum absolute atomic E-state index is 0.0514. The highest BCUT2D eigenvalue weighted by Gasteiger charge is 2.32. The first-order chi connectivity index (χ1) is 11.1. The lowest BCUT2D eigenvalue weighted by molar-refractivity contribution is 0.0595. The normalized spacial score (nSPS) is 18.4. The number of likely N-dealkylation sites (tertiary alicyclic amines) is 1. The van der Waals surface area contributed by atoms with Crippen LogP contribution in [0.3, 0.4) is 0 Å². The summed E-state index contributed by atoms with van der Waals surface area (Å²) in [7, 11) is 0. The molecule has 122 valence electrons. The summed E-state index contributed by atoms with van der Waals surface area (Å²) >= 11 is 0. The highest BCUT2D eigenvalue weighted by molar-refractivity contribution is 5.94. The average Bonchev–Trinajstić information content (AvgIpc) is 3.05. The molecule has 0 aliphatic carbocycles. The van der Waals surface area contributed by atoms with Crippen LogP contribution in [0.5, 0.6) is 0 Å². The van der Waals surface area contributed by atoms with Gasteiger partial charge in [0.2, 0.25) is 0 Å². The number of aromatic amines is 1. The van der Waals surface area contributed by atoms with Crippen molar-refractivity contribution in [1.29, 1.82) is 0 Å². The van der Waals surface area contributed by atoms with Crippen LogP contribution >= 0.6 is 0 Å². The van der Waals surface area contributed by atoms with Crippen molar-refractivity contribution in [2.75, 3.05) is 6.54 Å². The minimum Gasteiger partial charge on any atom is -0.328 e. The molecule has 1 atom stereocenters. The van der Waals surface area contributed by atoms with Crippen LogP contribution in [-0.2, 0) is 0 Å². The van der Waals surface area contributed by atoms with Crippen molar-refractivity contribution in [3.8, 4) is 0 Å². The maximum Gasteiger partial charge on any atom is 0.257 e. The number of piperidine rings is 1. The number of nitrogens with zero attached hydrogens (tertiary/aromatic N) is 4. The largest absolute Gasteiger partial charge is 0.328 e. The lowest BCUT2D eigenvalue weighted by Crippen LogP contribution is -2.39. The number of pyridine rings is 1. The molecule has 1 aliphatic heterocycles. The van der Waals surface area contributed by atoms with Gasteiger partial charge in [-0.3, -0.25) is 14.9 Å². The van der Waals surface area contributed by atoms with E-state index >= 15 is 0 Å². The number of hydrogen-bond donors (Lipinski definition) is 1. The Hall–Kier alpha value is -2.31. The van der Waals surface area contributed by atoms with E-state index in [0.29, 0.717) is 12.4 Å². The number of H-pyrrole nitrogens is 1. The van der Waals surface area contributed by atoms with Gasteiger partial charge in [-0.05, 0) is 25.3 Å². The summed E-state index contributed by atoms with van der Waals surface area (Å²) in [6.45, 7) is 4.62. The van der Waals surface area contributed by atoms with Gasteiger partial charge < -0.3 is 4.90 Å². The summed E-state index contributed by atoms with van der Waals surface area (Å²) in [5, 5.41) is 7.16. The second kappa shape index (κ2) is 6.44. The molecule has 2 aromatic rings. The van der Waals surface area contributed by atoms with E-state index in [-0.39, 0.29) is 23.4 Å². The zero-order valence-corrected chi connectivity index (χ0v) is 13.3. The molecule has 6 nitrogen and oxygen atoms in total. The number of nitrogens with one attached hydrogen (secondary N) is 1. The van der Waals surface area contributed by atoms with Crippen LogP contribution in [0.1, 0.15) is 67.1 Å². The lowest BCUT2D eigenvalue weighted by Gasteiger charge is -2.34. The summed E-state index contributed by atoms with van der Waals surface area (Å²) in [6, 6.07) is 1.23. The Morgan fingerprint density at radius 2 is 2.26 bits per heavy atom. The number of carbonyl (C=O) groups excluding carboxylic acids is 1. The van der Waals surface area contributed by atoms with Crippen molar-refractivity contribution in [3.63, 3.8) is 0 Å². The van der Waals surface area contributed by atoms with Gasteiger partial charge >= 0.3 is 0 Å². The van der Waals surface area contributed by atoms with Crippen LogP contribution in [0.2, 0.25) is 0 Å². The fourth-order valence-corrected chi connectivity index (χ4v) is 2.86. The van der Waals surface area contributed by atoms with Crippen LogP contribution in [-0.4, -0.2) is 37.5 Å². The number of carbonyl (C=O) groups is 1. The SMILES string of the molecule is CC(C)c1n[nH]c([C@@H]2CCCCN2C(=O)c2ccncc2F)n1. The summed E-state index contributed by atoms with van der Waals surface area (Å²) in [5.74, 6) is 0.703. The molecule has 1 amide bonds. The third-order valence-corrected chi connectivity index (χ3v) is 4.12. The molecular weight excluding hydrogens is 297 g/mol. The molecule has 1 saturated heterocycles. The Bertz CT molecular complexity index is 699. The molecule has 7 heteroatoms. The standard InChI is InChI=1S/C16H20FN5O/c1-10(2)14-19-15(21-20-14)13-5-3-4-8-22(13)16(23)11-6-7-18-9-12(11)17/h6-7,9-10,13H,3-5,8H2,1-2H3,(H,19,20,21)/t13-/m0/s1. The first-order valence-corrected chi connectivity index (χ1v) is 7.90. The maximum absolute atomic E-state index is 13.9. The predicted molar refractivity (Wildman–Crippen MR) is 82.3 cm³/mol. The Morgan fingerprint density at radius 1 is 1.43 bits per heavy atom. The topological polar surface area (TPSA) is 74.8 Å². The van der Waals surface area contributed by atoms with Gasteiger partial charge in [-0.25, -0.2) is 9.37 Å². The van der Waals surface area contributed by atoms with Crippen molar-refractivity contribution >= 4 is 5.91 Å². The average molecular weight is 317 g/mol. The van der Waals surface area contributed by atoms with Gasteiger partial charge in [-0.2, -0.15) is 5.10 Å². The molecule has 3 rings (SSSR count). The fourth-order valence-electron chi connectivity index (χ4n) is 2.86. The van der Waals surface area contributed by atoms with Crippen molar-refractivity contribution in [1.82, 2.24) is 25.1 Å².